The number of benzene rings is 1. The van der Waals surface area contributed by atoms with Crippen LogP contribution in [0.15, 0.2) is 18.2 Å². The Labute approximate surface area is 111 Å². The highest BCUT2D eigenvalue weighted by Crippen LogP contribution is 2.22. The van der Waals surface area contributed by atoms with Crippen molar-refractivity contribution in [2.75, 3.05) is 25.0 Å². The summed E-state index contributed by atoms with van der Waals surface area (Å²) in [7, 11) is 0. The second-order valence-corrected chi connectivity index (χ2v) is 4.66. The van der Waals surface area contributed by atoms with Gasteiger partial charge in [0.1, 0.15) is 0 Å². The molecule has 5 heteroatoms. The van der Waals surface area contributed by atoms with Crippen molar-refractivity contribution < 1.29 is 4.79 Å². The molecular weight excluding hydrogens is 250 g/mol. The molecule has 1 amide bonds. The molecule has 1 aliphatic heterocycles. The number of nitriles is 1. The van der Waals surface area contributed by atoms with E-state index in [4.69, 9.17) is 16.9 Å². The van der Waals surface area contributed by atoms with Gasteiger partial charge in [-0.05, 0) is 31.0 Å². The van der Waals surface area contributed by atoms with Crippen molar-refractivity contribution in [1.82, 2.24) is 4.90 Å². The summed E-state index contributed by atoms with van der Waals surface area (Å²) in [6.07, 6.45) is 2.17. The molecule has 0 spiro atoms. The topological polar surface area (TPSA) is 56.1 Å². The van der Waals surface area contributed by atoms with Crippen molar-refractivity contribution in [2.24, 2.45) is 0 Å². The Kier molecular flexibility index (Phi) is 4.06. The van der Waals surface area contributed by atoms with Gasteiger partial charge in [-0.15, -0.1) is 0 Å². The molecule has 94 valence electrons. The number of rotatable bonds is 3. The molecule has 0 radical (unpaired) electrons. The number of nitrogens with one attached hydrogen (secondary N) is 1. The van der Waals surface area contributed by atoms with Crippen LogP contribution in [0, 0.1) is 11.3 Å². The fourth-order valence-electron chi connectivity index (χ4n) is 1.98. The highest BCUT2D eigenvalue weighted by atomic mass is 35.5. The minimum absolute atomic E-state index is 0.0907. The minimum Gasteiger partial charge on any atom is -0.375 e. The van der Waals surface area contributed by atoms with E-state index in [1.165, 1.54) is 0 Å². The molecule has 1 heterocycles. The number of hydrogen-bond acceptors (Lipinski definition) is 3. The molecule has 1 aliphatic rings. The molecule has 0 saturated carbocycles. The quantitative estimate of drug-likeness (QED) is 0.910. The zero-order valence-electron chi connectivity index (χ0n) is 9.95. The first-order valence-corrected chi connectivity index (χ1v) is 6.30. The van der Waals surface area contributed by atoms with E-state index in [1.54, 1.807) is 18.2 Å². The van der Waals surface area contributed by atoms with Crippen molar-refractivity contribution in [1.29, 1.82) is 5.26 Å². The van der Waals surface area contributed by atoms with E-state index in [0.717, 1.165) is 25.9 Å². The first-order valence-electron chi connectivity index (χ1n) is 5.92. The van der Waals surface area contributed by atoms with Crippen LogP contribution < -0.4 is 5.32 Å². The van der Waals surface area contributed by atoms with Gasteiger partial charge >= 0.3 is 0 Å². The highest BCUT2D eigenvalue weighted by molar-refractivity contribution is 6.33. The lowest BCUT2D eigenvalue weighted by Gasteiger charge is -2.16. The molecule has 0 bridgehead atoms. The number of nitrogens with zero attached hydrogens (tertiary/aromatic N) is 2. The molecule has 1 fully saturated rings. The minimum atomic E-state index is 0.0907. The van der Waals surface area contributed by atoms with Crippen LogP contribution in [0.1, 0.15) is 18.4 Å². The summed E-state index contributed by atoms with van der Waals surface area (Å²) in [4.78, 5) is 13.7. The normalized spacial score (nSPS) is 14.3. The molecule has 0 unspecified atom stereocenters. The van der Waals surface area contributed by atoms with Crippen LogP contribution >= 0.6 is 11.6 Å². The Bertz CT molecular complexity index is 489. The van der Waals surface area contributed by atoms with Crippen LogP contribution in [0.2, 0.25) is 5.02 Å². The van der Waals surface area contributed by atoms with Crippen LogP contribution in [-0.2, 0) is 4.79 Å². The van der Waals surface area contributed by atoms with Gasteiger partial charge in [-0.25, -0.2) is 0 Å². The van der Waals surface area contributed by atoms with Gasteiger partial charge in [-0.1, -0.05) is 11.6 Å². The summed E-state index contributed by atoms with van der Waals surface area (Å²) in [5.41, 5.74) is 1.19. The molecule has 0 aromatic heterocycles. The fraction of sp³-hybridized carbons (Fsp3) is 0.385. The standard InChI is InChI=1S/C13H14ClN3O/c14-11-7-10(8-15)3-4-12(11)16-9-13(18)17-5-1-2-6-17/h3-4,7,16H,1-2,5-6,9H2. The average Bonchev–Trinajstić information content (AvgIpc) is 2.90. The van der Waals surface area contributed by atoms with E-state index < -0.39 is 0 Å². The molecular formula is C13H14ClN3O. The fourth-order valence-corrected chi connectivity index (χ4v) is 2.22. The largest absolute Gasteiger partial charge is 0.375 e. The summed E-state index contributed by atoms with van der Waals surface area (Å²) in [6.45, 7) is 1.94. The lowest BCUT2D eigenvalue weighted by Crippen LogP contribution is -2.33. The maximum Gasteiger partial charge on any atom is 0.241 e. The maximum atomic E-state index is 11.8. The molecule has 4 nitrogen and oxygen atoms in total. The lowest BCUT2D eigenvalue weighted by molar-refractivity contribution is -0.128. The molecule has 18 heavy (non-hydrogen) atoms. The molecule has 1 aromatic rings. The van der Waals surface area contributed by atoms with Gasteiger partial charge in [0.05, 0.1) is 28.9 Å². The number of anilines is 1. The van der Waals surface area contributed by atoms with E-state index in [2.05, 4.69) is 5.32 Å². The summed E-state index contributed by atoms with van der Waals surface area (Å²) in [5.74, 6) is 0.0907. The van der Waals surface area contributed by atoms with Gasteiger partial charge in [-0.3, -0.25) is 4.79 Å². The van der Waals surface area contributed by atoms with Crippen molar-refractivity contribution in [2.45, 2.75) is 12.8 Å². The molecule has 1 saturated heterocycles. The Morgan fingerprint density at radius 3 is 2.78 bits per heavy atom. The van der Waals surface area contributed by atoms with E-state index in [9.17, 15) is 4.79 Å². The third-order valence-electron chi connectivity index (χ3n) is 2.99. The van der Waals surface area contributed by atoms with Crippen molar-refractivity contribution in [3.63, 3.8) is 0 Å². The van der Waals surface area contributed by atoms with Crippen LogP contribution in [-0.4, -0.2) is 30.4 Å². The second-order valence-electron chi connectivity index (χ2n) is 4.25. The number of carbonyl (C=O) groups excluding carboxylic acids is 1. The van der Waals surface area contributed by atoms with Gasteiger partial charge in [-0.2, -0.15) is 5.26 Å². The average molecular weight is 264 g/mol. The van der Waals surface area contributed by atoms with Crippen molar-refractivity contribution in [3.8, 4) is 6.07 Å². The van der Waals surface area contributed by atoms with Gasteiger partial charge in [0.25, 0.3) is 0 Å². The Morgan fingerprint density at radius 2 is 2.17 bits per heavy atom. The monoisotopic (exact) mass is 263 g/mol. The first kappa shape index (κ1) is 12.7. The lowest BCUT2D eigenvalue weighted by atomic mass is 10.2. The van der Waals surface area contributed by atoms with Crippen LogP contribution in [0.3, 0.4) is 0 Å². The number of carbonyl (C=O) groups is 1. The van der Waals surface area contributed by atoms with E-state index in [1.807, 2.05) is 11.0 Å². The van der Waals surface area contributed by atoms with Crippen LogP contribution in [0.25, 0.3) is 0 Å². The summed E-state index contributed by atoms with van der Waals surface area (Å²) in [6, 6.07) is 7.00. The zero-order chi connectivity index (χ0) is 13.0. The second kappa shape index (κ2) is 5.74. The smallest absolute Gasteiger partial charge is 0.241 e. The third-order valence-corrected chi connectivity index (χ3v) is 3.30. The van der Waals surface area contributed by atoms with Crippen molar-refractivity contribution in [3.05, 3.63) is 28.8 Å². The van der Waals surface area contributed by atoms with Crippen LogP contribution in [0.5, 0.6) is 0 Å². The molecule has 0 atom stereocenters. The van der Waals surface area contributed by atoms with Gasteiger partial charge in [0.15, 0.2) is 0 Å². The third kappa shape index (κ3) is 2.93. The zero-order valence-corrected chi connectivity index (χ0v) is 10.7. The summed E-state index contributed by atoms with van der Waals surface area (Å²) < 4.78 is 0. The number of likely N-dealkylation sites (tertiary alicyclic amines) is 1. The van der Waals surface area contributed by atoms with Gasteiger partial charge in [0, 0.05) is 13.1 Å². The number of hydrogen-bond donors (Lipinski definition) is 1. The molecule has 0 aliphatic carbocycles. The SMILES string of the molecule is N#Cc1ccc(NCC(=O)N2CCCC2)c(Cl)c1. The van der Waals surface area contributed by atoms with Gasteiger partial charge < -0.3 is 10.2 Å². The predicted molar refractivity (Wildman–Crippen MR) is 70.5 cm³/mol. The Morgan fingerprint density at radius 1 is 1.44 bits per heavy atom. The van der Waals surface area contributed by atoms with E-state index >= 15 is 0 Å². The Balaban J connectivity index is 1.94. The maximum absolute atomic E-state index is 11.8. The number of halogens is 1. The first-order chi connectivity index (χ1) is 8.70. The predicted octanol–water partition coefficient (Wildman–Crippen LogP) is 2.25. The summed E-state index contributed by atoms with van der Waals surface area (Å²) in [5, 5.41) is 12.2. The molecule has 1 aromatic carbocycles. The van der Waals surface area contributed by atoms with E-state index in [0.29, 0.717) is 16.3 Å². The van der Waals surface area contributed by atoms with Gasteiger partial charge in [0.2, 0.25) is 5.91 Å². The van der Waals surface area contributed by atoms with Crippen molar-refractivity contribution >= 4 is 23.2 Å². The van der Waals surface area contributed by atoms with Crippen LogP contribution in [0.4, 0.5) is 5.69 Å². The summed E-state index contributed by atoms with van der Waals surface area (Å²) >= 11 is 6.01. The number of amides is 1. The highest BCUT2D eigenvalue weighted by Gasteiger charge is 2.17. The molecule has 2 rings (SSSR count). The molecule has 1 N–H and O–H groups in total. The Hall–Kier alpha value is -1.73. The van der Waals surface area contributed by atoms with E-state index in [-0.39, 0.29) is 12.5 Å².